The van der Waals surface area contributed by atoms with E-state index in [0.29, 0.717) is 18.9 Å². The zero-order valence-corrected chi connectivity index (χ0v) is 13.9. The Morgan fingerprint density at radius 3 is 2.83 bits per heavy atom. The van der Waals surface area contributed by atoms with Gasteiger partial charge in [0.15, 0.2) is 5.78 Å². The van der Waals surface area contributed by atoms with Crippen molar-refractivity contribution in [2.75, 3.05) is 20.1 Å². The molecule has 124 valence electrons. The maximum atomic E-state index is 12.4. The van der Waals surface area contributed by atoms with Crippen molar-refractivity contribution in [2.45, 2.75) is 51.0 Å². The van der Waals surface area contributed by atoms with Gasteiger partial charge >= 0.3 is 0 Å². The molecule has 0 bridgehead atoms. The molecule has 1 amide bonds. The van der Waals surface area contributed by atoms with Crippen molar-refractivity contribution in [3.8, 4) is 0 Å². The molecule has 1 saturated heterocycles. The molecule has 1 aliphatic carbocycles. The highest BCUT2D eigenvalue weighted by Gasteiger charge is 2.23. The van der Waals surface area contributed by atoms with E-state index in [0.717, 1.165) is 44.3 Å². The highest BCUT2D eigenvalue weighted by molar-refractivity contribution is 5.98. The lowest BCUT2D eigenvalue weighted by atomic mass is 10.0. The number of ketones is 1. The number of aryl methyl sites for hydroxylation is 2. The molecule has 1 atom stereocenters. The van der Waals surface area contributed by atoms with Gasteiger partial charge in [0.05, 0.1) is 0 Å². The fraction of sp³-hybridized carbons (Fsp3) is 0.579. The maximum absolute atomic E-state index is 12.4. The van der Waals surface area contributed by atoms with E-state index in [-0.39, 0.29) is 11.7 Å². The quantitative estimate of drug-likeness (QED) is 0.849. The van der Waals surface area contributed by atoms with Crippen LogP contribution in [0.25, 0.3) is 0 Å². The van der Waals surface area contributed by atoms with Gasteiger partial charge in [-0.2, -0.15) is 0 Å². The van der Waals surface area contributed by atoms with E-state index < -0.39 is 0 Å². The van der Waals surface area contributed by atoms with Crippen LogP contribution in [0.1, 0.15) is 53.6 Å². The van der Waals surface area contributed by atoms with Crippen LogP contribution in [-0.2, 0) is 17.6 Å². The first-order valence-corrected chi connectivity index (χ1v) is 8.77. The zero-order valence-electron chi connectivity index (χ0n) is 13.9. The molecule has 4 nitrogen and oxygen atoms in total. The predicted octanol–water partition coefficient (Wildman–Crippen LogP) is 2.35. The number of carbonyl (C=O) groups is 2. The summed E-state index contributed by atoms with van der Waals surface area (Å²) in [5.74, 6) is 0.203. The summed E-state index contributed by atoms with van der Waals surface area (Å²) >= 11 is 0. The Morgan fingerprint density at radius 2 is 2.00 bits per heavy atom. The number of likely N-dealkylation sites (N-methyl/N-ethyl adjacent to an activating group) is 1. The number of piperidine rings is 1. The molecular formula is C19H26N2O2. The third-order valence-electron chi connectivity index (χ3n) is 5.17. The summed E-state index contributed by atoms with van der Waals surface area (Å²) in [6, 6.07) is 6.43. The minimum Gasteiger partial charge on any atom is -0.341 e. The molecule has 1 aromatic carbocycles. The van der Waals surface area contributed by atoms with Crippen LogP contribution in [0.15, 0.2) is 18.2 Å². The molecule has 23 heavy (non-hydrogen) atoms. The van der Waals surface area contributed by atoms with Crippen LogP contribution in [0.3, 0.4) is 0 Å². The predicted molar refractivity (Wildman–Crippen MR) is 90.7 cm³/mol. The fourth-order valence-corrected chi connectivity index (χ4v) is 3.71. The lowest BCUT2D eigenvalue weighted by Gasteiger charge is -2.32. The Balaban J connectivity index is 1.53. The van der Waals surface area contributed by atoms with Crippen LogP contribution in [-0.4, -0.2) is 42.8 Å². The minimum atomic E-state index is 0.0928. The molecule has 0 radical (unpaired) electrons. The van der Waals surface area contributed by atoms with Crippen molar-refractivity contribution in [3.05, 3.63) is 34.9 Å². The number of hydrogen-bond acceptors (Lipinski definition) is 3. The first kappa shape index (κ1) is 16.2. The largest absolute Gasteiger partial charge is 0.341 e. The average Bonchev–Trinajstić information content (AvgIpc) is 3.07. The van der Waals surface area contributed by atoms with Gasteiger partial charge < -0.3 is 10.2 Å². The molecule has 2 aliphatic rings. The van der Waals surface area contributed by atoms with E-state index >= 15 is 0 Å². The molecular weight excluding hydrogens is 288 g/mol. The molecule has 4 heteroatoms. The summed E-state index contributed by atoms with van der Waals surface area (Å²) in [6.45, 7) is 1.59. The van der Waals surface area contributed by atoms with Crippen LogP contribution in [0.5, 0.6) is 0 Å². The van der Waals surface area contributed by atoms with Crippen molar-refractivity contribution < 1.29 is 9.59 Å². The van der Waals surface area contributed by atoms with Gasteiger partial charge in [-0.1, -0.05) is 12.1 Å². The fourth-order valence-electron chi connectivity index (χ4n) is 3.71. The van der Waals surface area contributed by atoms with Crippen LogP contribution in [0.2, 0.25) is 0 Å². The number of fused-ring (bicyclic) bond motifs is 1. The Kier molecular flexibility index (Phi) is 5.11. The van der Waals surface area contributed by atoms with Gasteiger partial charge in [0.2, 0.25) is 5.91 Å². The molecule has 1 fully saturated rings. The summed E-state index contributed by atoms with van der Waals surface area (Å²) < 4.78 is 0. The van der Waals surface area contributed by atoms with E-state index in [1.807, 2.05) is 24.1 Å². The second kappa shape index (κ2) is 7.26. The van der Waals surface area contributed by atoms with Crippen LogP contribution in [0, 0.1) is 0 Å². The van der Waals surface area contributed by atoms with Crippen molar-refractivity contribution >= 4 is 11.7 Å². The highest BCUT2D eigenvalue weighted by atomic mass is 16.2. The maximum Gasteiger partial charge on any atom is 0.223 e. The van der Waals surface area contributed by atoms with E-state index in [1.165, 1.54) is 17.5 Å². The first-order valence-electron chi connectivity index (χ1n) is 8.77. The summed E-state index contributed by atoms with van der Waals surface area (Å²) in [4.78, 5) is 26.6. The molecule has 1 N–H and O–H groups in total. The second-order valence-corrected chi connectivity index (χ2v) is 6.73. The number of rotatable bonds is 5. The molecule has 1 aliphatic heterocycles. The monoisotopic (exact) mass is 314 g/mol. The Labute approximate surface area is 138 Å². The van der Waals surface area contributed by atoms with Gasteiger partial charge in [-0.05, 0) is 56.3 Å². The molecule has 3 rings (SSSR count). The summed E-state index contributed by atoms with van der Waals surface area (Å²) in [5, 5.41) is 3.24. The SMILES string of the molecule is CNC1CCCN(C(=O)CCC(=O)c2ccc3c(c2)CCC3)C1. The van der Waals surface area contributed by atoms with Gasteiger partial charge in [-0.15, -0.1) is 0 Å². The standard InChI is InChI=1S/C19H26N2O2/c1-20-17-6-3-11-21(13-17)19(23)10-9-18(22)16-8-7-14-4-2-5-15(14)12-16/h7-8,12,17,20H,2-6,9-11,13H2,1H3. The van der Waals surface area contributed by atoms with E-state index in [1.54, 1.807) is 0 Å². The molecule has 0 spiro atoms. The topological polar surface area (TPSA) is 49.4 Å². The van der Waals surface area contributed by atoms with E-state index in [4.69, 9.17) is 0 Å². The Morgan fingerprint density at radius 1 is 1.17 bits per heavy atom. The third kappa shape index (κ3) is 3.81. The number of nitrogens with one attached hydrogen (secondary N) is 1. The van der Waals surface area contributed by atoms with E-state index in [9.17, 15) is 9.59 Å². The van der Waals surface area contributed by atoms with Crippen LogP contribution in [0.4, 0.5) is 0 Å². The lowest BCUT2D eigenvalue weighted by molar-refractivity contribution is -0.132. The summed E-state index contributed by atoms with van der Waals surface area (Å²) in [6.07, 6.45) is 6.19. The van der Waals surface area contributed by atoms with Crippen LogP contribution < -0.4 is 5.32 Å². The number of benzene rings is 1. The van der Waals surface area contributed by atoms with Crippen molar-refractivity contribution in [1.29, 1.82) is 0 Å². The first-order chi connectivity index (χ1) is 11.2. The second-order valence-electron chi connectivity index (χ2n) is 6.73. The van der Waals surface area contributed by atoms with Gasteiger partial charge in [0.1, 0.15) is 0 Å². The lowest BCUT2D eigenvalue weighted by Crippen LogP contribution is -2.47. The molecule has 0 saturated carbocycles. The smallest absolute Gasteiger partial charge is 0.223 e. The van der Waals surface area contributed by atoms with Crippen molar-refractivity contribution in [2.24, 2.45) is 0 Å². The number of carbonyl (C=O) groups excluding carboxylic acids is 2. The molecule has 0 aromatic heterocycles. The third-order valence-corrected chi connectivity index (χ3v) is 5.17. The van der Waals surface area contributed by atoms with E-state index in [2.05, 4.69) is 11.4 Å². The van der Waals surface area contributed by atoms with Crippen molar-refractivity contribution in [1.82, 2.24) is 10.2 Å². The van der Waals surface area contributed by atoms with Crippen molar-refractivity contribution in [3.63, 3.8) is 0 Å². The number of hydrogen-bond donors (Lipinski definition) is 1. The number of likely N-dealkylation sites (tertiary alicyclic amines) is 1. The summed E-state index contributed by atoms with van der Waals surface area (Å²) in [5.41, 5.74) is 3.46. The highest BCUT2D eigenvalue weighted by Crippen LogP contribution is 2.23. The number of amides is 1. The Hall–Kier alpha value is -1.68. The number of Topliss-reactive ketones (excluding diaryl/α,β-unsaturated/α-hetero) is 1. The van der Waals surface area contributed by atoms with Gasteiger partial charge in [0.25, 0.3) is 0 Å². The Bertz CT molecular complexity index is 597. The van der Waals surface area contributed by atoms with Gasteiger partial charge in [-0.3, -0.25) is 9.59 Å². The zero-order chi connectivity index (χ0) is 16.2. The molecule has 1 aromatic rings. The van der Waals surface area contributed by atoms with Crippen LogP contribution >= 0.6 is 0 Å². The summed E-state index contributed by atoms with van der Waals surface area (Å²) in [7, 11) is 1.94. The van der Waals surface area contributed by atoms with Gasteiger partial charge in [0, 0.05) is 37.5 Å². The number of nitrogens with zero attached hydrogens (tertiary/aromatic N) is 1. The molecule has 1 unspecified atom stereocenters. The molecule has 1 heterocycles. The normalized spacial score (nSPS) is 20.4. The van der Waals surface area contributed by atoms with Gasteiger partial charge in [-0.25, -0.2) is 0 Å². The average molecular weight is 314 g/mol. The minimum absolute atomic E-state index is 0.0928.